The van der Waals surface area contributed by atoms with Crippen molar-refractivity contribution < 1.29 is 32.3 Å². The molecule has 4 rings (SSSR count). The number of anilines is 1. The second-order valence-electron chi connectivity index (χ2n) is 9.13. The highest BCUT2D eigenvalue weighted by Gasteiger charge is 2.39. The molecule has 1 unspecified atom stereocenters. The molecule has 1 aromatic carbocycles. The van der Waals surface area contributed by atoms with Crippen molar-refractivity contribution in [1.29, 1.82) is 5.26 Å². The minimum absolute atomic E-state index is 0.0955. The molecule has 194 valence electrons. The highest BCUT2D eigenvalue weighted by atomic mass is 35.5. The number of aliphatic imine (C=N–C) groups is 1. The minimum Gasteiger partial charge on any atom is -0.437 e. The van der Waals surface area contributed by atoms with Gasteiger partial charge in [-0.05, 0) is 36.8 Å². The van der Waals surface area contributed by atoms with Gasteiger partial charge >= 0.3 is 6.18 Å². The lowest BCUT2D eigenvalue weighted by Gasteiger charge is -2.30. The van der Waals surface area contributed by atoms with Crippen molar-refractivity contribution in [2.75, 3.05) is 11.6 Å². The molecule has 0 bridgehead atoms. The first-order valence-corrected chi connectivity index (χ1v) is 12.1. The molecule has 1 amide bonds. The Morgan fingerprint density at radius 2 is 1.86 bits per heavy atom. The maximum Gasteiger partial charge on any atom is 0.420 e. The van der Waals surface area contributed by atoms with Crippen LogP contribution < -0.4 is 9.75 Å². The predicted octanol–water partition coefficient (Wildman–Crippen LogP) is 5.05. The molecule has 0 spiro atoms. The summed E-state index contributed by atoms with van der Waals surface area (Å²) in [6.07, 6.45) is 0.918. The summed E-state index contributed by atoms with van der Waals surface area (Å²) in [6, 6.07) is 3.13. The fourth-order valence-corrected chi connectivity index (χ4v) is 5.00. The van der Waals surface area contributed by atoms with Gasteiger partial charge in [0.05, 0.1) is 17.1 Å². The van der Waals surface area contributed by atoms with Crippen LogP contribution in [0.4, 0.5) is 18.9 Å². The SMILES string of the molecule is CC(C1=CC(Oc2c(Cl)cc(N3N=C(C#N)C(=O)CC3=O)cc2C(F)(F)F)=NCC1=O)C1CCCCC1. The van der Waals surface area contributed by atoms with E-state index in [0.29, 0.717) is 22.6 Å². The zero-order valence-corrected chi connectivity index (χ0v) is 20.5. The van der Waals surface area contributed by atoms with Crippen LogP contribution >= 0.6 is 11.6 Å². The number of hydrazone groups is 1. The molecular weight excluding hydrogens is 513 g/mol. The van der Waals surface area contributed by atoms with E-state index < -0.39 is 52.0 Å². The van der Waals surface area contributed by atoms with Crippen LogP contribution in [0.25, 0.3) is 0 Å². The summed E-state index contributed by atoms with van der Waals surface area (Å²) in [6.45, 7) is 1.68. The molecule has 1 aliphatic carbocycles. The van der Waals surface area contributed by atoms with E-state index in [-0.39, 0.29) is 24.1 Å². The lowest BCUT2D eigenvalue weighted by Crippen LogP contribution is -2.36. The van der Waals surface area contributed by atoms with Crippen LogP contribution in [0.3, 0.4) is 0 Å². The Labute approximate surface area is 215 Å². The number of benzene rings is 1. The molecule has 0 radical (unpaired) electrons. The zero-order valence-electron chi connectivity index (χ0n) is 19.8. The van der Waals surface area contributed by atoms with E-state index in [4.69, 9.17) is 21.6 Å². The number of halogens is 4. The lowest BCUT2D eigenvalue weighted by molar-refractivity contribution is -0.138. The van der Waals surface area contributed by atoms with E-state index in [1.54, 1.807) is 0 Å². The van der Waals surface area contributed by atoms with E-state index in [1.165, 1.54) is 12.1 Å². The number of amides is 1. The second-order valence-corrected chi connectivity index (χ2v) is 9.54. The Hall–Kier alpha value is -3.52. The van der Waals surface area contributed by atoms with Crippen molar-refractivity contribution in [2.45, 2.75) is 51.6 Å². The number of alkyl halides is 3. The normalized spacial score (nSPS) is 20.2. The molecule has 12 heteroatoms. The number of rotatable bonds is 4. The minimum atomic E-state index is -4.96. The van der Waals surface area contributed by atoms with Crippen LogP contribution in [0.1, 0.15) is 51.0 Å². The maximum absolute atomic E-state index is 14.0. The summed E-state index contributed by atoms with van der Waals surface area (Å²) in [4.78, 5) is 40.5. The summed E-state index contributed by atoms with van der Waals surface area (Å²) in [7, 11) is 0. The van der Waals surface area contributed by atoms with Gasteiger partial charge < -0.3 is 4.74 Å². The highest BCUT2D eigenvalue weighted by Crippen LogP contribution is 2.44. The van der Waals surface area contributed by atoms with Crippen LogP contribution in [-0.2, 0) is 20.6 Å². The first kappa shape index (κ1) is 26.5. The van der Waals surface area contributed by atoms with E-state index in [2.05, 4.69) is 10.1 Å². The van der Waals surface area contributed by atoms with Gasteiger partial charge in [0.1, 0.15) is 18.2 Å². The fourth-order valence-electron chi connectivity index (χ4n) is 4.75. The van der Waals surface area contributed by atoms with Gasteiger partial charge in [-0.2, -0.15) is 28.5 Å². The van der Waals surface area contributed by atoms with Gasteiger partial charge in [0.15, 0.2) is 11.5 Å². The van der Waals surface area contributed by atoms with E-state index in [9.17, 15) is 27.6 Å². The predicted molar refractivity (Wildman–Crippen MR) is 128 cm³/mol. The van der Waals surface area contributed by atoms with E-state index >= 15 is 0 Å². The number of carbonyl (C=O) groups is 3. The van der Waals surface area contributed by atoms with Gasteiger partial charge in [-0.3, -0.25) is 14.4 Å². The number of nitrogens with zero attached hydrogens (tertiary/aromatic N) is 4. The summed E-state index contributed by atoms with van der Waals surface area (Å²) < 4.78 is 47.7. The quantitative estimate of drug-likeness (QED) is 0.502. The largest absolute Gasteiger partial charge is 0.437 e. The molecule has 37 heavy (non-hydrogen) atoms. The van der Waals surface area contributed by atoms with Gasteiger partial charge in [0.25, 0.3) is 5.91 Å². The van der Waals surface area contributed by atoms with Crippen molar-refractivity contribution >= 4 is 46.4 Å². The molecule has 0 saturated heterocycles. The first-order valence-electron chi connectivity index (χ1n) is 11.7. The van der Waals surface area contributed by atoms with Gasteiger partial charge in [-0.15, -0.1) is 0 Å². The molecule has 1 saturated carbocycles. The van der Waals surface area contributed by atoms with Crippen molar-refractivity contribution in [3.8, 4) is 11.8 Å². The van der Waals surface area contributed by atoms with Crippen molar-refractivity contribution in [3.05, 3.63) is 34.4 Å². The Kier molecular flexibility index (Phi) is 7.50. The number of ketones is 2. The van der Waals surface area contributed by atoms with Gasteiger partial charge in [-0.1, -0.05) is 37.8 Å². The second kappa shape index (κ2) is 10.5. The lowest BCUT2D eigenvalue weighted by atomic mass is 9.76. The Morgan fingerprint density at radius 1 is 1.16 bits per heavy atom. The summed E-state index contributed by atoms with van der Waals surface area (Å²) in [5.74, 6) is -2.68. The summed E-state index contributed by atoms with van der Waals surface area (Å²) in [5.41, 5.74) is -1.86. The number of hydrogen-bond donors (Lipinski definition) is 0. The molecule has 1 atom stereocenters. The standard InChI is InChI=1S/C25H22ClF3N4O4/c1-13(14-5-3-2-4-6-14)16-9-22(31-12-21(16)35)37-24-17(25(27,28)29)7-15(8-18(24)26)33-23(36)10-20(34)19(11-30)32-33/h7-9,13-14H,2-6,10,12H2,1H3. The average Bonchev–Trinajstić information content (AvgIpc) is 2.85. The van der Waals surface area contributed by atoms with Crippen molar-refractivity contribution in [3.63, 3.8) is 0 Å². The molecule has 2 heterocycles. The van der Waals surface area contributed by atoms with Crippen LogP contribution in [0.15, 0.2) is 33.9 Å². The number of Topliss-reactive ketones (excluding diaryl/α,β-unsaturated/α-hetero) is 2. The molecule has 0 N–H and O–H groups in total. The van der Waals surface area contributed by atoms with E-state index in [0.717, 1.165) is 38.2 Å². The van der Waals surface area contributed by atoms with Crippen LogP contribution in [0.5, 0.6) is 5.75 Å². The van der Waals surface area contributed by atoms with E-state index in [1.807, 2.05) is 6.92 Å². The third-order valence-corrected chi connectivity index (χ3v) is 7.01. The average molecular weight is 535 g/mol. The fraction of sp³-hybridized carbons (Fsp3) is 0.440. The van der Waals surface area contributed by atoms with Crippen molar-refractivity contribution in [2.24, 2.45) is 21.9 Å². The third-order valence-electron chi connectivity index (χ3n) is 6.73. The molecule has 2 aliphatic heterocycles. The monoisotopic (exact) mass is 534 g/mol. The van der Waals surface area contributed by atoms with Crippen molar-refractivity contribution in [1.82, 2.24) is 0 Å². The molecule has 1 fully saturated rings. The summed E-state index contributed by atoms with van der Waals surface area (Å²) in [5, 5.41) is 12.6. The molecule has 3 aliphatic rings. The Morgan fingerprint density at radius 3 is 2.51 bits per heavy atom. The number of ether oxygens (including phenoxy) is 1. The molecular formula is C25H22ClF3N4O4. The van der Waals surface area contributed by atoms with Gasteiger partial charge in [0, 0.05) is 11.6 Å². The number of hydrogen-bond acceptors (Lipinski definition) is 7. The molecule has 0 aromatic heterocycles. The smallest absolute Gasteiger partial charge is 0.420 e. The maximum atomic E-state index is 14.0. The number of nitriles is 1. The number of carbonyl (C=O) groups excluding carboxylic acids is 3. The zero-order chi connectivity index (χ0) is 26.9. The van der Waals surface area contributed by atoms with Crippen LogP contribution in [0, 0.1) is 23.2 Å². The molecule has 1 aromatic rings. The van der Waals surface area contributed by atoms with Crippen LogP contribution in [-0.4, -0.2) is 35.6 Å². The topological polar surface area (TPSA) is 112 Å². The highest BCUT2D eigenvalue weighted by molar-refractivity contribution is 6.50. The van der Waals surface area contributed by atoms with Crippen LogP contribution in [0.2, 0.25) is 5.02 Å². The number of dihydropyridines is 1. The Bertz CT molecular complexity index is 1290. The molecule has 8 nitrogen and oxygen atoms in total. The summed E-state index contributed by atoms with van der Waals surface area (Å²) >= 11 is 6.19. The van der Waals surface area contributed by atoms with Gasteiger partial charge in [-0.25, -0.2) is 4.99 Å². The van der Waals surface area contributed by atoms with Gasteiger partial charge in [0.2, 0.25) is 17.4 Å². The Balaban J connectivity index is 1.69. The first-order chi connectivity index (χ1) is 17.5. The third kappa shape index (κ3) is 5.59.